The van der Waals surface area contributed by atoms with E-state index in [9.17, 15) is 4.79 Å². The second kappa shape index (κ2) is 7.98. The van der Waals surface area contributed by atoms with Gasteiger partial charge < -0.3 is 9.13 Å². The number of rotatable bonds is 5. The van der Waals surface area contributed by atoms with Crippen molar-refractivity contribution in [1.82, 2.24) is 9.13 Å². The molecule has 5 heteroatoms. The van der Waals surface area contributed by atoms with Crippen LogP contribution in [0, 0.1) is 0 Å². The maximum atomic E-state index is 12.9. The summed E-state index contributed by atoms with van der Waals surface area (Å²) in [5, 5.41) is 0. The molecule has 0 aliphatic carbocycles. The van der Waals surface area contributed by atoms with Crippen molar-refractivity contribution in [2.45, 2.75) is 13.1 Å². The zero-order valence-electron chi connectivity index (χ0n) is 15.5. The number of carbonyl (C=O) groups is 1. The minimum atomic E-state index is 0.0602. The van der Waals surface area contributed by atoms with Crippen LogP contribution in [0.1, 0.15) is 15.9 Å². The molecule has 4 nitrogen and oxygen atoms in total. The lowest BCUT2D eigenvalue weighted by atomic mass is 10.1. The fourth-order valence-electron chi connectivity index (χ4n) is 3.34. The van der Waals surface area contributed by atoms with Crippen LogP contribution in [0.5, 0.6) is 0 Å². The summed E-state index contributed by atoms with van der Waals surface area (Å²) in [4.78, 5) is 17.8. The fourth-order valence-corrected chi connectivity index (χ4v) is 3.60. The van der Waals surface area contributed by atoms with Gasteiger partial charge in [-0.1, -0.05) is 70.5 Å². The summed E-state index contributed by atoms with van der Waals surface area (Å²) in [7, 11) is 1.99. The molecule has 1 heterocycles. The molecule has 0 unspecified atom stereocenters. The second-order valence-corrected chi connectivity index (χ2v) is 7.58. The lowest BCUT2D eigenvalue weighted by Gasteiger charge is -2.06. The molecule has 0 saturated carbocycles. The highest BCUT2D eigenvalue weighted by molar-refractivity contribution is 9.10. The van der Waals surface area contributed by atoms with Gasteiger partial charge in [0.1, 0.15) is 0 Å². The molecule has 3 aromatic carbocycles. The molecule has 0 radical (unpaired) electrons. The first kappa shape index (κ1) is 18.4. The van der Waals surface area contributed by atoms with Crippen LogP contribution in [-0.4, -0.2) is 14.9 Å². The van der Waals surface area contributed by atoms with Gasteiger partial charge >= 0.3 is 0 Å². The quantitative estimate of drug-likeness (QED) is 0.419. The van der Waals surface area contributed by atoms with E-state index in [4.69, 9.17) is 4.99 Å². The van der Waals surface area contributed by atoms with Gasteiger partial charge in [0.25, 0.3) is 0 Å². The van der Waals surface area contributed by atoms with Crippen LogP contribution in [0.15, 0.2) is 88.3 Å². The van der Waals surface area contributed by atoms with Gasteiger partial charge in [0.15, 0.2) is 5.78 Å². The number of aromatic nitrogens is 2. The third-order valence-electron chi connectivity index (χ3n) is 4.79. The van der Waals surface area contributed by atoms with Crippen molar-refractivity contribution >= 4 is 32.7 Å². The smallest absolute Gasteiger partial charge is 0.206 e. The van der Waals surface area contributed by atoms with E-state index >= 15 is 0 Å². The van der Waals surface area contributed by atoms with Gasteiger partial charge in [0.2, 0.25) is 5.62 Å². The Morgan fingerprint density at radius 1 is 0.893 bits per heavy atom. The molecular weight excluding hydrogens is 414 g/mol. The highest BCUT2D eigenvalue weighted by atomic mass is 79.9. The van der Waals surface area contributed by atoms with Crippen LogP contribution in [-0.2, 0) is 20.1 Å². The molecule has 0 aliphatic heterocycles. The molecule has 0 spiro atoms. The van der Waals surface area contributed by atoms with Crippen LogP contribution in [0.4, 0.5) is 0 Å². The van der Waals surface area contributed by atoms with E-state index in [0.29, 0.717) is 12.1 Å². The number of halogens is 1. The number of benzene rings is 3. The molecule has 0 amide bonds. The molecule has 0 N–H and O–H groups in total. The van der Waals surface area contributed by atoms with Crippen molar-refractivity contribution < 1.29 is 4.79 Å². The minimum absolute atomic E-state index is 0.0602. The van der Waals surface area contributed by atoms with Gasteiger partial charge in [-0.3, -0.25) is 4.79 Å². The summed E-state index contributed by atoms with van der Waals surface area (Å²) in [5.74, 6) is 0.0602. The largest absolute Gasteiger partial charge is 0.313 e. The Kier molecular flexibility index (Phi) is 5.26. The Labute approximate surface area is 171 Å². The van der Waals surface area contributed by atoms with E-state index in [1.165, 1.54) is 0 Å². The molecule has 0 bridgehead atoms. The van der Waals surface area contributed by atoms with Crippen LogP contribution < -0.4 is 5.62 Å². The highest BCUT2D eigenvalue weighted by Crippen LogP contribution is 2.15. The Hall–Kier alpha value is -2.92. The predicted molar refractivity (Wildman–Crippen MR) is 115 cm³/mol. The number of carbonyl (C=O) groups excluding carboxylic acids is 1. The molecule has 4 rings (SSSR count). The lowest BCUT2D eigenvalue weighted by molar-refractivity contribution is 0.0971. The van der Waals surface area contributed by atoms with Crippen molar-refractivity contribution in [3.8, 4) is 0 Å². The summed E-state index contributed by atoms with van der Waals surface area (Å²) in [6, 6.07) is 25.7. The number of hydrogen-bond acceptors (Lipinski definition) is 2. The Bertz CT molecular complexity index is 1190. The zero-order valence-corrected chi connectivity index (χ0v) is 17.1. The monoisotopic (exact) mass is 433 g/mol. The average Bonchev–Trinajstić information content (AvgIpc) is 2.99. The summed E-state index contributed by atoms with van der Waals surface area (Å²) in [6.07, 6.45) is 0. The number of hydrogen-bond donors (Lipinski definition) is 0. The zero-order chi connectivity index (χ0) is 19.5. The number of aryl methyl sites for hydroxylation is 1. The number of Topliss-reactive ketones (excluding diaryl/α,β-unsaturated/α-hetero) is 1. The van der Waals surface area contributed by atoms with Crippen LogP contribution in [0.25, 0.3) is 11.0 Å². The lowest BCUT2D eigenvalue weighted by Crippen LogP contribution is -2.27. The van der Waals surface area contributed by atoms with E-state index in [1.54, 1.807) is 0 Å². The summed E-state index contributed by atoms with van der Waals surface area (Å²) in [5.41, 5.74) is 4.67. The molecule has 1 aromatic heterocycles. The van der Waals surface area contributed by atoms with Gasteiger partial charge in [-0.2, -0.15) is 0 Å². The second-order valence-electron chi connectivity index (χ2n) is 6.67. The third kappa shape index (κ3) is 3.71. The SMILES string of the molecule is Cn1/c(=N/Cc2ccccc2)n(CC(=O)c2ccc(Br)cc2)c2ccccc21. The van der Waals surface area contributed by atoms with Crippen molar-refractivity contribution in [2.24, 2.45) is 12.0 Å². The van der Waals surface area contributed by atoms with Gasteiger partial charge in [-0.15, -0.1) is 0 Å². The maximum Gasteiger partial charge on any atom is 0.206 e. The molecule has 0 atom stereocenters. The van der Waals surface area contributed by atoms with E-state index < -0.39 is 0 Å². The average molecular weight is 434 g/mol. The van der Waals surface area contributed by atoms with Crippen LogP contribution in [0.2, 0.25) is 0 Å². The molecule has 4 aromatic rings. The van der Waals surface area contributed by atoms with Crippen molar-refractivity contribution in [3.63, 3.8) is 0 Å². The Morgan fingerprint density at radius 2 is 1.54 bits per heavy atom. The van der Waals surface area contributed by atoms with Crippen molar-refractivity contribution in [2.75, 3.05) is 0 Å². The summed E-state index contributed by atoms with van der Waals surface area (Å²) < 4.78 is 5.01. The molecule has 28 heavy (non-hydrogen) atoms. The highest BCUT2D eigenvalue weighted by Gasteiger charge is 2.13. The predicted octanol–water partition coefficient (Wildman–Crippen LogP) is 4.73. The first-order chi connectivity index (χ1) is 13.6. The minimum Gasteiger partial charge on any atom is -0.313 e. The van der Waals surface area contributed by atoms with E-state index in [0.717, 1.165) is 26.7 Å². The number of fused-ring (bicyclic) bond motifs is 1. The van der Waals surface area contributed by atoms with Crippen molar-refractivity contribution in [3.05, 3.63) is 100 Å². The summed E-state index contributed by atoms with van der Waals surface area (Å²) >= 11 is 3.42. The first-order valence-corrected chi connectivity index (χ1v) is 9.90. The molecule has 0 saturated heterocycles. The van der Waals surface area contributed by atoms with Crippen LogP contribution >= 0.6 is 15.9 Å². The Morgan fingerprint density at radius 3 is 2.25 bits per heavy atom. The van der Waals surface area contributed by atoms with Gasteiger partial charge in [-0.25, -0.2) is 4.99 Å². The number of ketones is 1. The van der Waals surface area contributed by atoms with E-state index in [-0.39, 0.29) is 12.3 Å². The Balaban J connectivity index is 1.77. The normalized spacial score (nSPS) is 11.9. The number of nitrogens with zero attached hydrogens (tertiary/aromatic N) is 3. The van der Waals surface area contributed by atoms with Gasteiger partial charge in [-0.05, 0) is 29.8 Å². The topological polar surface area (TPSA) is 39.3 Å². The van der Waals surface area contributed by atoms with Crippen LogP contribution in [0.3, 0.4) is 0 Å². The van der Waals surface area contributed by atoms with Crippen molar-refractivity contribution in [1.29, 1.82) is 0 Å². The molecule has 140 valence electrons. The molecule has 0 aliphatic rings. The van der Waals surface area contributed by atoms with Gasteiger partial charge in [0.05, 0.1) is 24.1 Å². The number of imidazole rings is 1. The van der Waals surface area contributed by atoms with E-state index in [1.807, 2.05) is 76.8 Å². The first-order valence-electron chi connectivity index (χ1n) is 9.11. The number of para-hydroxylation sites is 2. The van der Waals surface area contributed by atoms with E-state index in [2.05, 4.69) is 34.1 Å². The third-order valence-corrected chi connectivity index (χ3v) is 5.32. The standard InChI is InChI=1S/C23H20BrN3O/c1-26-20-9-5-6-10-21(20)27(16-22(28)18-11-13-19(24)14-12-18)23(26)25-15-17-7-3-2-4-8-17/h2-14H,15-16H2,1H3/b25-23-. The summed E-state index contributed by atoms with van der Waals surface area (Å²) in [6.45, 7) is 0.814. The fraction of sp³-hybridized carbons (Fsp3) is 0.130. The molecule has 0 fully saturated rings. The van der Waals surface area contributed by atoms with Gasteiger partial charge in [0, 0.05) is 17.1 Å². The molecular formula is C23H20BrN3O. The maximum absolute atomic E-state index is 12.9.